The van der Waals surface area contributed by atoms with Crippen molar-refractivity contribution >= 4 is 5.82 Å². The topological polar surface area (TPSA) is 62.4 Å². The molecule has 4 heteroatoms. The highest BCUT2D eigenvalue weighted by Crippen LogP contribution is 2.22. The Morgan fingerprint density at radius 1 is 1.47 bits per heavy atom. The van der Waals surface area contributed by atoms with Crippen LogP contribution in [0.15, 0.2) is 12.3 Å². The van der Waals surface area contributed by atoms with Crippen LogP contribution in [0.4, 0.5) is 5.82 Å². The van der Waals surface area contributed by atoms with Gasteiger partial charge in [-0.25, -0.2) is 4.98 Å². The fraction of sp³-hybridized carbons (Fsp3) is 0.615. The van der Waals surface area contributed by atoms with E-state index in [1.165, 1.54) is 5.56 Å². The number of aliphatic hydroxyl groups excluding tert-OH is 1. The van der Waals surface area contributed by atoms with Crippen molar-refractivity contribution in [3.05, 3.63) is 23.4 Å². The minimum atomic E-state index is 0.201. The van der Waals surface area contributed by atoms with Crippen LogP contribution in [0.3, 0.4) is 0 Å². The van der Waals surface area contributed by atoms with Crippen LogP contribution in [0.2, 0.25) is 0 Å². The van der Waals surface area contributed by atoms with E-state index in [9.17, 15) is 0 Å². The van der Waals surface area contributed by atoms with E-state index in [-0.39, 0.29) is 6.61 Å². The van der Waals surface area contributed by atoms with E-state index < -0.39 is 0 Å². The summed E-state index contributed by atoms with van der Waals surface area (Å²) in [6.45, 7) is 7.81. The Morgan fingerprint density at radius 2 is 2.18 bits per heavy atom. The van der Waals surface area contributed by atoms with Crippen LogP contribution in [0.25, 0.3) is 0 Å². The average Bonchev–Trinajstić information content (AvgIpc) is 2.29. The van der Waals surface area contributed by atoms with Crippen molar-refractivity contribution < 1.29 is 5.11 Å². The monoisotopic (exact) mass is 237 g/mol. The van der Waals surface area contributed by atoms with Gasteiger partial charge in [-0.15, -0.1) is 0 Å². The molecule has 0 aromatic carbocycles. The predicted octanol–water partition coefficient (Wildman–Crippen LogP) is 1.45. The molecule has 0 bridgehead atoms. The lowest BCUT2D eigenvalue weighted by Crippen LogP contribution is -2.34. The fourth-order valence-electron chi connectivity index (χ4n) is 1.92. The molecule has 4 nitrogen and oxygen atoms in total. The third-order valence-electron chi connectivity index (χ3n) is 2.92. The zero-order valence-electron chi connectivity index (χ0n) is 11.0. The molecule has 1 heterocycles. The summed E-state index contributed by atoms with van der Waals surface area (Å²) in [6, 6.07) is 2.33. The summed E-state index contributed by atoms with van der Waals surface area (Å²) in [7, 11) is 0. The standard InChI is InChI=1S/C13H23N3O/c1-10(2)16(7-4-8-17)13-12(9-14)11(3)5-6-15-13/h5-6,10,17H,4,7-9,14H2,1-3H3. The van der Waals surface area contributed by atoms with Gasteiger partial charge in [0.15, 0.2) is 0 Å². The van der Waals surface area contributed by atoms with Gasteiger partial charge in [0.25, 0.3) is 0 Å². The highest BCUT2D eigenvalue weighted by atomic mass is 16.3. The van der Waals surface area contributed by atoms with Gasteiger partial charge in [-0.2, -0.15) is 0 Å². The van der Waals surface area contributed by atoms with E-state index >= 15 is 0 Å². The first-order valence-corrected chi connectivity index (χ1v) is 6.13. The third-order valence-corrected chi connectivity index (χ3v) is 2.92. The number of nitrogens with zero attached hydrogens (tertiary/aromatic N) is 2. The first-order valence-electron chi connectivity index (χ1n) is 6.13. The number of hydrogen-bond donors (Lipinski definition) is 2. The zero-order valence-corrected chi connectivity index (χ0v) is 11.0. The van der Waals surface area contributed by atoms with E-state index in [1.807, 2.05) is 12.3 Å². The van der Waals surface area contributed by atoms with E-state index in [2.05, 4.69) is 30.7 Å². The van der Waals surface area contributed by atoms with Crippen LogP contribution >= 0.6 is 0 Å². The fourth-order valence-corrected chi connectivity index (χ4v) is 1.92. The summed E-state index contributed by atoms with van der Waals surface area (Å²) in [5, 5.41) is 8.95. The van der Waals surface area contributed by atoms with Gasteiger partial charge in [0.05, 0.1) is 0 Å². The van der Waals surface area contributed by atoms with Crippen molar-refractivity contribution in [2.24, 2.45) is 5.73 Å². The Balaban J connectivity index is 3.04. The molecule has 0 atom stereocenters. The predicted molar refractivity (Wildman–Crippen MR) is 71.1 cm³/mol. The Bertz CT molecular complexity index is 353. The minimum absolute atomic E-state index is 0.201. The molecule has 0 saturated carbocycles. The molecule has 0 aliphatic carbocycles. The molecule has 0 saturated heterocycles. The lowest BCUT2D eigenvalue weighted by molar-refractivity contribution is 0.288. The number of aryl methyl sites for hydroxylation is 1. The molecule has 0 aliphatic heterocycles. The van der Waals surface area contributed by atoms with E-state index in [0.29, 0.717) is 12.6 Å². The van der Waals surface area contributed by atoms with Gasteiger partial charge in [0, 0.05) is 37.5 Å². The molecule has 0 aliphatic rings. The van der Waals surface area contributed by atoms with Crippen molar-refractivity contribution in [1.82, 2.24) is 4.98 Å². The summed E-state index contributed by atoms with van der Waals surface area (Å²) >= 11 is 0. The lowest BCUT2D eigenvalue weighted by Gasteiger charge is -2.30. The summed E-state index contributed by atoms with van der Waals surface area (Å²) in [6.07, 6.45) is 2.57. The normalized spacial score (nSPS) is 10.9. The second-order valence-electron chi connectivity index (χ2n) is 4.50. The quantitative estimate of drug-likeness (QED) is 0.786. The Kier molecular flexibility index (Phi) is 5.38. The summed E-state index contributed by atoms with van der Waals surface area (Å²) in [4.78, 5) is 6.65. The van der Waals surface area contributed by atoms with Gasteiger partial charge in [0.2, 0.25) is 0 Å². The van der Waals surface area contributed by atoms with Crippen molar-refractivity contribution in [1.29, 1.82) is 0 Å². The molecular weight excluding hydrogens is 214 g/mol. The Labute approximate surface area is 103 Å². The van der Waals surface area contributed by atoms with Gasteiger partial charge >= 0.3 is 0 Å². The second-order valence-corrected chi connectivity index (χ2v) is 4.50. The van der Waals surface area contributed by atoms with Crippen molar-refractivity contribution in [2.45, 2.75) is 39.8 Å². The molecule has 96 valence electrons. The molecule has 0 radical (unpaired) electrons. The minimum Gasteiger partial charge on any atom is -0.396 e. The molecule has 0 fully saturated rings. The van der Waals surface area contributed by atoms with E-state index in [1.54, 1.807) is 0 Å². The highest BCUT2D eigenvalue weighted by molar-refractivity contribution is 5.50. The average molecular weight is 237 g/mol. The summed E-state index contributed by atoms with van der Waals surface area (Å²) < 4.78 is 0. The smallest absolute Gasteiger partial charge is 0.133 e. The molecule has 1 rings (SSSR count). The molecule has 1 aromatic heterocycles. The number of nitrogens with two attached hydrogens (primary N) is 1. The van der Waals surface area contributed by atoms with Gasteiger partial charge in [-0.1, -0.05) is 0 Å². The van der Waals surface area contributed by atoms with Gasteiger partial charge in [-0.3, -0.25) is 0 Å². The molecule has 0 amide bonds. The van der Waals surface area contributed by atoms with E-state index in [4.69, 9.17) is 10.8 Å². The summed E-state index contributed by atoms with van der Waals surface area (Å²) in [5.74, 6) is 0.955. The van der Waals surface area contributed by atoms with Gasteiger partial charge in [-0.05, 0) is 38.8 Å². The van der Waals surface area contributed by atoms with Crippen molar-refractivity contribution in [2.75, 3.05) is 18.1 Å². The summed E-state index contributed by atoms with van der Waals surface area (Å²) in [5.41, 5.74) is 8.07. The van der Waals surface area contributed by atoms with E-state index in [0.717, 1.165) is 24.3 Å². The maximum absolute atomic E-state index is 8.95. The zero-order chi connectivity index (χ0) is 12.8. The Morgan fingerprint density at radius 3 is 2.71 bits per heavy atom. The maximum atomic E-state index is 8.95. The molecule has 1 aromatic rings. The van der Waals surface area contributed by atoms with Crippen molar-refractivity contribution in [3.8, 4) is 0 Å². The second kappa shape index (κ2) is 6.57. The SMILES string of the molecule is Cc1ccnc(N(CCCO)C(C)C)c1CN. The molecule has 0 unspecified atom stereocenters. The molecule has 0 spiro atoms. The van der Waals surface area contributed by atoms with Crippen LogP contribution in [0.5, 0.6) is 0 Å². The van der Waals surface area contributed by atoms with Gasteiger partial charge in [0.1, 0.15) is 5.82 Å². The number of anilines is 1. The van der Waals surface area contributed by atoms with Crippen LogP contribution in [-0.4, -0.2) is 29.3 Å². The van der Waals surface area contributed by atoms with Crippen LogP contribution in [0.1, 0.15) is 31.4 Å². The van der Waals surface area contributed by atoms with Crippen LogP contribution in [-0.2, 0) is 6.54 Å². The van der Waals surface area contributed by atoms with Crippen LogP contribution in [0, 0.1) is 6.92 Å². The van der Waals surface area contributed by atoms with Crippen LogP contribution < -0.4 is 10.6 Å². The number of aliphatic hydroxyl groups is 1. The largest absolute Gasteiger partial charge is 0.396 e. The maximum Gasteiger partial charge on any atom is 0.133 e. The third kappa shape index (κ3) is 3.41. The molecular formula is C13H23N3O. The number of aromatic nitrogens is 1. The lowest BCUT2D eigenvalue weighted by atomic mass is 10.1. The van der Waals surface area contributed by atoms with Crippen molar-refractivity contribution in [3.63, 3.8) is 0 Å². The molecule has 17 heavy (non-hydrogen) atoms. The number of hydrogen-bond acceptors (Lipinski definition) is 4. The first kappa shape index (κ1) is 13.9. The number of pyridine rings is 1. The number of rotatable bonds is 6. The first-order chi connectivity index (χ1) is 8.11. The Hall–Kier alpha value is -1.13. The van der Waals surface area contributed by atoms with Gasteiger partial charge < -0.3 is 15.7 Å². The highest BCUT2D eigenvalue weighted by Gasteiger charge is 2.16. The molecule has 3 N–H and O–H groups in total.